The highest BCUT2D eigenvalue weighted by Gasteiger charge is 2.23. The minimum atomic E-state index is 0.641. The van der Waals surface area contributed by atoms with Crippen molar-refractivity contribution in [2.45, 2.75) is 38.5 Å². The molecule has 0 atom stereocenters. The number of nitrogens with zero attached hydrogens (tertiary/aromatic N) is 2. The van der Waals surface area contributed by atoms with Gasteiger partial charge >= 0.3 is 0 Å². The Kier molecular flexibility index (Phi) is 3.72. The van der Waals surface area contributed by atoms with E-state index >= 15 is 0 Å². The lowest BCUT2D eigenvalue weighted by atomic mass is 9.82. The second-order valence-corrected chi connectivity index (χ2v) is 4.41. The summed E-state index contributed by atoms with van der Waals surface area (Å²) in [6.45, 7) is 3.58. The van der Waals surface area contributed by atoms with Crippen molar-refractivity contribution in [3.8, 4) is 0 Å². The van der Waals surface area contributed by atoms with Crippen LogP contribution in [0.2, 0.25) is 0 Å². The minimum Gasteiger partial charge on any atom is -0.382 e. The molecule has 4 heteroatoms. The third-order valence-electron chi connectivity index (χ3n) is 3.13. The number of hydrogen-bond acceptors (Lipinski definition) is 4. The maximum Gasteiger partial charge on any atom is 0.125 e. The Morgan fingerprint density at radius 3 is 2.94 bits per heavy atom. The van der Waals surface area contributed by atoms with Gasteiger partial charge in [0.25, 0.3) is 0 Å². The van der Waals surface area contributed by atoms with Crippen LogP contribution in [-0.4, -0.2) is 23.1 Å². The fourth-order valence-corrected chi connectivity index (χ4v) is 1.94. The van der Waals surface area contributed by atoms with Crippen LogP contribution in [0.1, 0.15) is 43.1 Å². The molecule has 0 aromatic carbocycles. The van der Waals surface area contributed by atoms with Crippen LogP contribution in [0.15, 0.2) is 6.20 Å². The maximum atomic E-state index is 5.48. The summed E-state index contributed by atoms with van der Waals surface area (Å²) in [5.41, 5.74) is 7.79. The number of aromatic nitrogens is 2. The molecule has 1 fully saturated rings. The number of hydrogen-bond donors (Lipinski definition) is 2. The van der Waals surface area contributed by atoms with Gasteiger partial charge in [-0.1, -0.05) is 6.42 Å². The molecule has 16 heavy (non-hydrogen) atoms. The van der Waals surface area contributed by atoms with Gasteiger partial charge in [0, 0.05) is 12.5 Å². The summed E-state index contributed by atoms with van der Waals surface area (Å²) in [5.74, 6) is 1.51. The summed E-state index contributed by atoms with van der Waals surface area (Å²) < 4.78 is 0. The second kappa shape index (κ2) is 5.25. The van der Waals surface area contributed by atoms with E-state index in [0.29, 0.717) is 5.92 Å². The van der Waals surface area contributed by atoms with Gasteiger partial charge in [0.2, 0.25) is 0 Å². The van der Waals surface area contributed by atoms with E-state index in [1.807, 2.05) is 13.1 Å². The topological polar surface area (TPSA) is 63.8 Å². The summed E-state index contributed by atoms with van der Waals surface area (Å²) in [7, 11) is 0. The first-order valence-corrected chi connectivity index (χ1v) is 6.08. The van der Waals surface area contributed by atoms with E-state index in [1.165, 1.54) is 25.0 Å². The smallest absolute Gasteiger partial charge is 0.125 e. The van der Waals surface area contributed by atoms with E-state index in [9.17, 15) is 0 Å². The Hall–Kier alpha value is -1.16. The summed E-state index contributed by atoms with van der Waals surface area (Å²) in [4.78, 5) is 8.82. The van der Waals surface area contributed by atoms with Gasteiger partial charge in [0.05, 0.1) is 17.6 Å². The molecule has 1 aromatic heterocycles. The molecule has 3 N–H and O–H groups in total. The Morgan fingerprint density at radius 1 is 1.50 bits per heavy atom. The van der Waals surface area contributed by atoms with E-state index in [1.54, 1.807) is 0 Å². The predicted octanol–water partition coefficient (Wildman–Crippen LogP) is 1.81. The van der Waals surface area contributed by atoms with Crippen LogP contribution in [0.5, 0.6) is 0 Å². The van der Waals surface area contributed by atoms with Gasteiger partial charge in [-0.05, 0) is 32.7 Å². The molecule has 0 radical (unpaired) electrons. The second-order valence-electron chi connectivity index (χ2n) is 4.41. The highest BCUT2D eigenvalue weighted by molar-refractivity contribution is 5.48. The first kappa shape index (κ1) is 11.3. The zero-order valence-electron chi connectivity index (χ0n) is 9.87. The minimum absolute atomic E-state index is 0.641. The Labute approximate surface area is 96.7 Å². The van der Waals surface area contributed by atoms with Crippen LogP contribution in [0.4, 0.5) is 5.69 Å². The molecule has 1 aliphatic rings. The van der Waals surface area contributed by atoms with E-state index in [0.717, 1.165) is 31.0 Å². The summed E-state index contributed by atoms with van der Waals surface area (Å²) in [5, 5.41) is 3.39. The normalized spacial score (nSPS) is 15.9. The lowest BCUT2D eigenvalue weighted by Crippen LogP contribution is -2.16. The van der Waals surface area contributed by atoms with E-state index in [4.69, 9.17) is 5.73 Å². The number of nitrogens with one attached hydrogen (secondary N) is 1. The van der Waals surface area contributed by atoms with Crippen molar-refractivity contribution < 1.29 is 0 Å². The molecule has 1 saturated carbocycles. The average Bonchev–Trinajstić information content (AvgIpc) is 2.19. The fraction of sp³-hybridized carbons (Fsp3) is 0.667. The fourth-order valence-electron chi connectivity index (χ4n) is 1.94. The molecule has 2 rings (SSSR count). The largest absolute Gasteiger partial charge is 0.382 e. The molecule has 0 saturated heterocycles. The molecule has 0 bridgehead atoms. The van der Waals surface area contributed by atoms with Gasteiger partial charge < -0.3 is 11.1 Å². The molecular formula is C12H20N4. The maximum absolute atomic E-state index is 5.48. The number of anilines is 1. The molecule has 0 spiro atoms. The van der Waals surface area contributed by atoms with Gasteiger partial charge in [-0.3, -0.25) is 0 Å². The zero-order chi connectivity index (χ0) is 11.4. The Bertz CT molecular complexity index is 347. The standard InChI is InChI=1S/C12H20N4/c1-9-15-8-11(14-7-3-6-13)12(16-9)10-4-2-5-10/h8,10,14H,2-7,13H2,1H3. The van der Waals surface area contributed by atoms with Gasteiger partial charge in [-0.2, -0.15) is 0 Å². The first-order chi connectivity index (χ1) is 7.81. The highest BCUT2D eigenvalue weighted by atomic mass is 15.0. The quantitative estimate of drug-likeness (QED) is 0.743. The monoisotopic (exact) mass is 220 g/mol. The van der Waals surface area contributed by atoms with Crippen molar-refractivity contribution in [3.05, 3.63) is 17.7 Å². The van der Waals surface area contributed by atoms with Crippen LogP contribution in [-0.2, 0) is 0 Å². The Morgan fingerprint density at radius 2 is 2.31 bits per heavy atom. The lowest BCUT2D eigenvalue weighted by Gasteiger charge is -2.27. The lowest BCUT2D eigenvalue weighted by molar-refractivity contribution is 0.411. The van der Waals surface area contributed by atoms with Gasteiger partial charge in [-0.15, -0.1) is 0 Å². The van der Waals surface area contributed by atoms with Crippen molar-refractivity contribution in [1.29, 1.82) is 0 Å². The number of nitrogens with two attached hydrogens (primary N) is 1. The van der Waals surface area contributed by atoms with Crippen molar-refractivity contribution in [3.63, 3.8) is 0 Å². The van der Waals surface area contributed by atoms with Crippen molar-refractivity contribution >= 4 is 5.69 Å². The summed E-state index contributed by atoms with van der Waals surface area (Å²) in [6.07, 6.45) is 6.75. The van der Waals surface area contributed by atoms with Gasteiger partial charge in [0.15, 0.2) is 0 Å². The van der Waals surface area contributed by atoms with E-state index in [-0.39, 0.29) is 0 Å². The third kappa shape index (κ3) is 2.50. The van der Waals surface area contributed by atoms with Crippen LogP contribution in [0.25, 0.3) is 0 Å². The van der Waals surface area contributed by atoms with Crippen LogP contribution in [0.3, 0.4) is 0 Å². The van der Waals surface area contributed by atoms with Crippen LogP contribution in [0, 0.1) is 6.92 Å². The van der Waals surface area contributed by atoms with Gasteiger partial charge in [0.1, 0.15) is 5.82 Å². The molecule has 0 aliphatic heterocycles. The molecule has 0 unspecified atom stereocenters. The molecule has 0 amide bonds. The average molecular weight is 220 g/mol. The molecule has 1 aliphatic carbocycles. The predicted molar refractivity (Wildman–Crippen MR) is 65.5 cm³/mol. The van der Waals surface area contributed by atoms with Crippen molar-refractivity contribution in [2.75, 3.05) is 18.4 Å². The van der Waals surface area contributed by atoms with Gasteiger partial charge in [-0.25, -0.2) is 9.97 Å². The molecule has 88 valence electrons. The molecule has 1 heterocycles. The SMILES string of the molecule is Cc1ncc(NCCCN)c(C2CCC2)n1. The van der Waals surface area contributed by atoms with Crippen molar-refractivity contribution in [2.24, 2.45) is 5.73 Å². The Balaban J connectivity index is 2.08. The molecule has 4 nitrogen and oxygen atoms in total. The molecule has 1 aromatic rings. The summed E-state index contributed by atoms with van der Waals surface area (Å²) >= 11 is 0. The van der Waals surface area contributed by atoms with Crippen molar-refractivity contribution in [1.82, 2.24) is 9.97 Å². The highest BCUT2D eigenvalue weighted by Crippen LogP contribution is 2.38. The van der Waals surface area contributed by atoms with Crippen LogP contribution < -0.4 is 11.1 Å². The van der Waals surface area contributed by atoms with Crippen LogP contribution >= 0.6 is 0 Å². The van der Waals surface area contributed by atoms with E-state index in [2.05, 4.69) is 15.3 Å². The summed E-state index contributed by atoms with van der Waals surface area (Å²) in [6, 6.07) is 0. The van der Waals surface area contributed by atoms with E-state index < -0.39 is 0 Å². The molecular weight excluding hydrogens is 200 g/mol. The number of aryl methyl sites for hydroxylation is 1. The first-order valence-electron chi connectivity index (χ1n) is 6.08. The number of rotatable bonds is 5. The third-order valence-corrected chi connectivity index (χ3v) is 3.13. The zero-order valence-corrected chi connectivity index (χ0v) is 9.87.